The van der Waals surface area contributed by atoms with Gasteiger partial charge < -0.3 is 4.18 Å². The fourth-order valence-corrected chi connectivity index (χ4v) is 9.85. The molecule has 2 aromatic rings. The number of hydrogen-bond donors (Lipinski definition) is 0. The average molecular weight is 912 g/mol. The van der Waals surface area contributed by atoms with Crippen molar-refractivity contribution in [3.05, 3.63) is 49.1 Å². The second kappa shape index (κ2) is 44.0. The maximum Gasteiger partial charge on any atom is 0.227 e. The molecular weight excluding hydrogens is 813 g/mol. The van der Waals surface area contributed by atoms with Gasteiger partial charge in [-0.1, -0.05) is 231 Å². The molecule has 63 heavy (non-hydrogen) atoms. The van der Waals surface area contributed by atoms with Crippen LogP contribution >= 0.6 is 23.8 Å². The number of thioether (sulfide) groups is 1. The number of aromatic nitrogens is 2. The zero-order valence-corrected chi connectivity index (χ0v) is 42.9. The third kappa shape index (κ3) is 37.0. The van der Waals surface area contributed by atoms with Crippen LogP contribution in [0.3, 0.4) is 0 Å². The number of pyridine rings is 2. The molecule has 0 amide bonds. The molecule has 360 valence electrons. The van der Waals surface area contributed by atoms with Crippen LogP contribution in [0, 0.1) is 0 Å². The van der Waals surface area contributed by atoms with Crippen molar-refractivity contribution in [1.29, 1.82) is 0 Å². The summed E-state index contributed by atoms with van der Waals surface area (Å²) < 4.78 is 10.2. The van der Waals surface area contributed by atoms with Crippen LogP contribution in [-0.2, 0) is 22.7 Å². The Bertz CT molecular complexity index is 1300. The Morgan fingerprint density at radius 2 is 0.667 bits per heavy atom. The average Bonchev–Trinajstić information content (AvgIpc) is 3.29. The largest absolute Gasteiger partial charge is 0.417 e. The van der Waals surface area contributed by atoms with E-state index in [1.807, 2.05) is 12.1 Å². The van der Waals surface area contributed by atoms with Crippen LogP contribution < -0.4 is 13.3 Å². The highest BCUT2D eigenvalue weighted by Gasteiger charge is 2.10. The zero-order chi connectivity index (χ0) is 44.9. The van der Waals surface area contributed by atoms with Gasteiger partial charge in [0.2, 0.25) is 5.12 Å². The van der Waals surface area contributed by atoms with Gasteiger partial charge in [0, 0.05) is 54.8 Å². The zero-order valence-electron chi connectivity index (χ0n) is 41.3. The lowest BCUT2D eigenvalue weighted by Crippen LogP contribution is -2.32. The van der Waals surface area contributed by atoms with Crippen molar-refractivity contribution >= 4 is 34.0 Å². The molecule has 2 aromatic heterocycles. The minimum atomic E-state index is 0.0918. The van der Waals surface area contributed by atoms with E-state index in [0.717, 1.165) is 74.3 Å². The van der Waals surface area contributed by atoms with Gasteiger partial charge in [-0.3, -0.25) is 9.59 Å². The van der Waals surface area contributed by atoms with E-state index in [9.17, 15) is 9.59 Å². The first-order chi connectivity index (χ1) is 31.1. The maximum absolute atomic E-state index is 12.6. The molecule has 0 unspecified atom stereocenters. The third-order valence-corrected chi connectivity index (χ3v) is 14.3. The third-order valence-electron chi connectivity index (χ3n) is 12.7. The smallest absolute Gasteiger partial charge is 0.227 e. The molecule has 0 aromatic carbocycles. The van der Waals surface area contributed by atoms with E-state index in [0.29, 0.717) is 12.8 Å². The lowest BCUT2D eigenvalue weighted by molar-refractivity contribution is -0.697. The summed E-state index contributed by atoms with van der Waals surface area (Å²) in [6.07, 6.45) is 60.4. The molecule has 0 saturated carbocycles. The maximum atomic E-state index is 12.6. The molecule has 5 nitrogen and oxygen atoms in total. The van der Waals surface area contributed by atoms with Gasteiger partial charge in [0.1, 0.15) is 30.9 Å². The summed E-state index contributed by atoms with van der Waals surface area (Å²) >= 11 is 2.36. The SMILES string of the molecule is CCCCCCCCCCCCCCCCCC[n+]1ccc(OSC(=O)CCCCCCCCC(=O)Sc2cc[n+](CCCCCCCCCCCCCCCCCC)cc2)cc1. The van der Waals surface area contributed by atoms with Crippen molar-refractivity contribution in [2.75, 3.05) is 0 Å². The molecule has 0 aliphatic heterocycles. The molecule has 0 atom stereocenters. The van der Waals surface area contributed by atoms with Gasteiger partial charge in [0.15, 0.2) is 29.9 Å². The Morgan fingerprint density at radius 1 is 0.381 bits per heavy atom. The topological polar surface area (TPSA) is 51.1 Å². The summed E-state index contributed by atoms with van der Waals surface area (Å²) in [5, 5.41) is 0.353. The number of aryl methyl sites for hydroxylation is 2. The highest BCUT2D eigenvalue weighted by atomic mass is 32.2. The Labute approximate surface area is 398 Å². The van der Waals surface area contributed by atoms with Gasteiger partial charge in [-0.15, -0.1) is 0 Å². The van der Waals surface area contributed by atoms with E-state index in [4.69, 9.17) is 4.18 Å². The summed E-state index contributed by atoms with van der Waals surface area (Å²) in [5.74, 6) is 0.737. The molecule has 0 aliphatic carbocycles. The highest BCUT2D eigenvalue weighted by molar-refractivity contribution is 8.13. The van der Waals surface area contributed by atoms with Gasteiger partial charge in [-0.25, -0.2) is 9.13 Å². The van der Waals surface area contributed by atoms with Crippen LogP contribution in [-0.4, -0.2) is 10.2 Å². The molecule has 0 radical (unpaired) electrons. The van der Waals surface area contributed by atoms with Crippen LogP contribution in [0.25, 0.3) is 0 Å². The summed E-state index contributed by atoms with van der Waals surface area (Å²) in [7, 11) is 0. The predicted molar refractivity (Wildman–Crippen MR) is 273 cm³/mol. The lowest BCUT2D eigenvalue weighted by atomic mass is 10.0. The van der Waals surface area contributed by atoms with Crippen molar-refractivity contribution in [1.82, 2.24) is 0 Å². The second-order valence-corrected chi connectivity index (χ2v) is 20.7. The Hall–Kier alpha value is -1.86. The standard InChI is InChI=1S/C56H98N2O3S2/c1-3-5-7-9-11-13-15-17-19-21-23-25-27-31-35-39-47-57-49-43-53(44-50-57)61-63-56(60)42-38-34-30-29-33-37-41-55(59)62-54-45-51-58(52-46-54)48-40-36-32-28-26-24-22-20-18-16-14-12-10-8-6-4-2/h43-46,49-52H,3-42,47-48H2,1-2H3/q+2. The minimum absolute atomic E-state index is 0.0918. The molecule has 0 N–H and O–H groups in total. The van der Waals surface area contributed by atoms with Crippen molar-refractivity contribution in [2.24, 2.45) is 0 Å². The van der Waals surface area contributed by atoms with Gasteiger partial charge in [-0.2, -0.15) is 0 Å². The molecular formula is C56H98N2O3S2+2. The summed E-state index contributed by atoms with van der Waals surface area (Å²) in [4.78, 5) is 26.0. The van der Waals surface area contributed by atoms with E-state index >= 15 is 0 Å². The normalized spacial score (nSPS) is 11.4. The quantitative estimate of drug-likeness (QED) is 0.0287. The predicted octanol–water partition coefficient (Wildman–Crippen LogP) is 17.8. The van der Waals surface area contributed by atoms with Crippen LogP contribution in [0.4, 0.5) is 0 Å². The van der Waals surface area contributed by atoms with Gasteiger partial charge >= 0.3 is 0 Å². The van der Waals surface area contributed by atoms with Crippen LogP contribution in [0.15, 0.2) is 53.9 Å². The lowest BCUT2D eigenvalue weighted by Gasteiger charge is -2.04. The number of carbonyl (C=O) groups excluding carboxylic acids is 2. The first-order valence-electron chi connectivity index (χ1n) is 27.2. The van der Waals surface area contributed by atoms with E-state index in [2.05, 4.69) is 59.9 Å². The molecule has 7 heteroatoms. The number of rotatable bonds is 46. The van der Waals surface area contributed by atoms with Crippen LogP contribution in [0.2, 0.25) is 0 Å². The Kier molecular flexibility index (Phi) is 40.0. The number of carbonyl (C=O) groups is 2. The number of nitrogens with zero attached hydrogens (tertiary/aromatic N) is 2. The fourth-order valence-electron chi connectivity index (χ4n) is 8.56. The van der Waals surface area contributed by atoms with Crippen molar-refractivity contribution in [2.45, 2.75) is 289 Å². The van der Waals surface area contributed by atoms with E-state index < -0.39 is 0 Å². The molecule has 0 bridgehead atoms. The molecule has 0 saturated heterocycles. The van der Waals surface area contributed by atoms with Gasteiger partial charge in [0.25, 0.3) is 0 Å². The molecule has 0 spiro atoms. The van der Waals surface area contributed by atoms with Gasteiger partial charge in [0.05, 0.1) is 0 Å². The second-order valence-electron chi connectivity index (χ2n) is 18.8. The number of unbranched alkanes of at least 4 members (excludes halogenated alkanes) is 35. The Balaban J connectivity index is 1.33. The van der Waals surface area contributed by atoms with Crippen molar-refractivity contribution in [3.8, 4) is 5.75 Å². The van der Waals surface area contributed by atoms with E-state index in [1.54, 1.807) is 0 Å². The fraction of sp³-hybridized carbons (Fsp3) is 0.786. The highest BCUT2D eigenvalue weighted by Crippen LogP contribution is 2.22. The molecule has 0 fully saturated rings. The van der Waals surface area contributed by atoms with Crippen molar-refractivity contribution in [3.63, 3.8) is 0 Å². The van der Waals surface area contributed by atoms with E-state index in [-0.39, 0.29) is 10.2 Å². The van der Waals surface area contributed by atoms with Gasteiger partial charge in [-0.05, 0) is 25.7 Å². The van der Waals surface area contributed by atoms with E-state index in [1.165, 1.54) is 217 Å². The molecule has 2 heterocycles. The minimum Gasteiger partial charge on any atom is -0.417 e. The summed E-state index contributed by atoms with van der Waals surface area (Å²) in [6.45, 7) is 6.68. The van der Waals surface area contributed by atoms with Crippen molar-refractivity contribution < 1.29 is 22.9 Å². The summed E-state index contributed by atoms with van der Waals surface area (Å²) in [5.41, 5.74) is 0. The summed E-state index contributed by atoms with van der Waals surface area (Å²) in [6, 6.07) is 8.12. The molecule has 0 aliphatic rings. The van der Waals surface area contributed by atoms with Crippen LogP contribution in [0.1, 0.15) is 271 Å². The first-order valence-corrected chi connectivity index (χ1v) is 28.7. The van der Waals surface area contributed by atoms with Crippen LogP contribution in [0.5, 0.6) is 5.75 Å². The molecule has 2 rings (SSSR count). The monoisotopic (exact) mass is 911 g/mol. The number of hydrogen-bond acceptors (Lipinski definition) is 5. The Morgan fingerprint density at radius 3 is 1.02 bits per heavy atom. The first kappa shape index (κ1) is 57.3.